The summed E-state index contributed by atoms with van der Waals surface area (Å²) in [5.74, 6) is 0. The number of aliphatic hydroxyl groups is 1. The molecule has 0 bridgehead atoms. The van der Waals surface area contributed by atoms with Crippen molar-refractivity contribution >= 4 is 22.0 Å². The van der Waals surface area contributed by atoms with Crippen LogP contribution >= 0.6 is 15.9 Å². The molecule has 8 heteroatoms. The van der Waals surface area contributed by atoms with Crippen molar-refractivity contribution in [1.29, 1.82) is 0 Å². The minimum absolute atomic E-state index is 0.178. The van der Waals surface area contributed by atoms with Gasteiger partial charge in [0.1, 0.15) is 5.60 Å². The summed E-state index contributed by atoms with van der Waals surface area (Å²) in [4.78, 5) is 13.6. The average Bonchev–Trinajstić information content (AvgIpc) is 2.68. The monoisotopic (exact) mass is 360 g/mol. The van der Waals surface area contributed by atoms with Gasteiger partial charge in [-0.3, -0.25) is 0 Å². The van der Waals surface area contributed by atoms with E-state index < -0.39 is 17.8 Å². The maximum absolute atomic E-state index is 12.0. The Hall–Kier alpha value is -1.15. The van der Waals surface area contributed by atoms with Crippen LogP contribution in [0.3, 0.4) is 0 Å². The number of piperidine rings is 1. The molecule has 2 heterocycles. The summed E-state index contributed by atoms with van der Waals surface area (Å²) in [5, 5.41) is 18.3. The van der Waals surface area contributed by atoms with Gasteiger partial charge < -0.3 is 14.7 Å². The minimum Gasteiger partial charge on any atom is -0.444 e. The van der Waals surface area contributed by atoms with Gasteiger partial charge in [-0.2, -0.15) is 0 Å². The van der Waals surface area contributed by atoms with Crippen LogP contribution in [0.2, 0.25) is 0 Å². The lowest BCUT2D eigenvalue weighted by Gasteiger charge is -2.36. The molecular weight excluding hydrogens is 340 g/mol. The predicted octanol–water partition coefficient (Wildman–Crippen LogP) is 1.89. The molecule has 1 aliphatic rings. The third kappa shape index (κ3) is 3.74. The van der Waals surface area contributed by atoms with Gasteiger partial charge in [0.25, 0.3) is 0 Å². The summed E-state index contributed by atoms with van der Waals surface area (Å²) in [7, 11) is 0. The molecule has 2 rings (SSSR count). The van der Waals surface area contributed by atoms with Crippen LogP contribution in [0.5, 0.6) is 0 Å². The fourth-order valence-corrected chi connectivity index (χ4v) is 2.59. The van der Waals surface area contributed by atoms with Crippen molar-refractivity contribution < 1.29 is 14.6 Å². The van der Waals surface area contributed by atoms with Gasteiger partial charge in [-0.15, -0.1) is 5.10 Å². The highest BCUT2D eigenvalue weighted by Crippen LogP contribution is 2.26. The number of hydrogen-bond donors (Lipinski definition) is 1. The molecule has 1 fully saturated rings. The summed E-state index contributed by atoms with van der Waals surface area (Å²) < 4.78 is 7.71. The van der Waals surface area contributed by atoms with Crippen LogP contribution in [0.1, 0.15) is 38.9 Å². The number of carbonyl (C=O) groups is 1. The Labute approximate surface area is 132 Å². The lowest BCUT2D eigenvalue weighted by Crippen LogP contribution is -2.49. The van der Waals surface area contributed by atoms with Gasteiger partial charge in [-0.1, -0.05) is 5.21 Å². The number of carbonyl (C=O) groups excluding carboxylic acids is 1. The quantitative estimate of drug-likeness (QED) is 0.826. The highest BCUT2D eigenvalue weighted by atomic mass is 79.9. The van der Waals surface area contributed by atoms with Crippen molar-refractivity contribution in [3.8, 4) is 0 Å². The van der Waals surface area contributed by atoms with Gasteiger partial charge in [0.15, 0.2) is 4.60 Å². The van der Waals surface area contributed by atoms with Gasteiger partial charge in [-0.05, 0) is 50.0 Å². The van der Waals surface area contributed by atoms with Crippen molar-refractivity contribution in [3.63, 3.8) is 0 Å². The highest BCUT2D eigenvalue weighted by Gasteiger charge is 2.34. The lowest BCUT2D eigenvalue weighted by molar-refractivity contribution is -0.0123. The SMILES string of the molecule is Cc1c(Br)nnn1C1CCN(C(=O)OC(C)(C)C)CC1O. The number of nitrogens with zero attached hydrogens (tertiary/aromatic N) is 4. The first kappa shape index (κ1) is 16.2. The Bertz CT molecular complexity index is 526. The van der Waals surface area contributed by atoms with Crippen molar-refractivity contribution in [2.24, 2.45) is 0 Å². The van der Waals surface area contributed by atoms with Crippen LogP contribution < -0.4 is 0 Å². The number of amides is 1. The van der Waals surface area contributed by atoms with E-state index in [1.54, 1.807) is 4.68 Å². The molecule has 0 saturated carbocycles. The van der Waals surface area contributed by atoms with E-state index in [1.165, 1.54) is 4.90 Å². The molecule has 1 amide bonds. The summed E-state index contributed by atoms with van der Waals surface area (Å²) in [6.07, 6.45) is -0.480. The van der Waals surface area contributed by atoms with Crippen LogP contribution in [0.15, 0.2) is 4.60 Å². The molecular formula is C13H21BrN4O3. The van der Waals surface area contributed by atoms with Crippen LogP contribution in [0.4, 0.5) is 4.79 Å². The van der Waals surface area contributed by atoms with Crippen molar-refractivity contribution in [3.05, 3.63) is 10.3 Å². The minimum atomic E-state index is -0.696. The number of likely N-dealkylation sites (tertiary alicyclic amines) is 1. The molecule has 0 spiro atoms. The van der Waals surface area contributed by atoms with E-state index in [-0.39, 0.29) is 12.6 Å². The zero-order valence-electron chi connectivity index (χ0n) is 12.7. The smallest absolute Gasteiger partial charge is 0.410 e. The zero-order chi connectivity index (χ0) is 15.8. The van der Waals surface area contributed by atoms with Crippen LogP contribution in [0, 0.1) is 6.92 Å². The summed E-state index contributed by atoms with van der Waals surface area (Å²) in [5.41, 5.74) is 0.330. The fraction of sp³-hybridized carbons (Fsp3) is 0.769. The lowest BCUT2D eigenvalue weighted by atomic mass is 10.0. The molecule has 118 valence electrons. The Morgan fingerprint density at radius 2 is 2.14 bits per heavy atom. The first-order valence-corrected chi connectivity index (χ1v) is 7.71. The number of aromatic nitrogens is 3. The topological polar surface area (TPSA) is 80.5 Å². The number of aliphatic hydroxyl groups excluding tert-OH is 1. The Kier molecular flexibility index (Phi) is 4.57. The molecule has 2 atom stereocenters. The van der Waals surface area contributed by atoms with Gasteiger partial charge in [-0.25, -0.2) is 9.48 Å². The van der Waals surface area contributed by atoms with E-state index in [9.17, 15) is 9.90 Å². The van der Waals surface area contributed by atoms with Crippen LogP contribution in [0.25, 0.3) is 0 Å². The van der Waals surface area contributed by atoms with E-state index in [4.69, 9.17) is 4.74 Å². The predicted molar refractivity (Wildman–Crippen MR) is 79.9 cm³/mol. The van der Waals surface area contributed by atoms with E-state index >= 15 is 0 Å². The largest absolute Gasteiger partial charge is 0.444 e. The van der Waals surface area contributed by atoms with Gasteiger partial charge in [0.2, 0.25) is 0 Å². The standard InChI is InChI=1S/C13H21BrN4O3/c1-8-11(14)15-16-18(8)9-5-6-17(7-10(9)19)12(20)21-13(2,3)4/h9-10,19H,5-7H2,1-4H3. The molecule has 7 nitrogen and oxygen atoms in total. The molecule has 1 N–H and O–H groups in total. The highest BCUT2D eigenvalue weighted by molar-refractivity contribution is 9.10. The average molecular weight is 361 g/mol. The van der Waals surface area contributed by atoms with Crippen LogP contribution in [-0.4, -0.2) is 55.9 Å². The molecule has 21 heavy (non-hydrogen) atoms. The molecule has 2 unspecified atom stereocenters. The van der Waals surface area contributed by atoms with Crippen molar-refractivity contribution in [2.75, 3.05) is 13.1 Å². The zero-order valence-corrected chi connectivity index (χ0v) is 14.3. The summed E-state index contributed by atoms with van der Waals surface area (Å²) >= 11 is 3.31. The van der Waals surface area contributed by atoms with E-state index in [2.05, 4.69) is 26.2 Å². The van der Waals surface area contributed by atoms with E-state index in [0.29, 0.717) is 17.6 Å². The van der Waals surface area contributed by atoms with Gasteiger partial charge >= 0.3 is 6.09 Å². The maximum atomic E-state index is 12.0. The second-order valence-electron chi connectivity index (χ2n) is 6.26. The number of halogens is 1. The summed E-state index contributed by atoms with van der Waals surface area (Å²) in [6.45, 7) is 8.11. The van der Waals surface area contributed by atoms with Crippen molar-refractivity contribution in [2.45, 2.75) is 51.9 Å². The summed E-state index contributed by atoms with van der Waals surface area (Å²) in [6, 6.07) is -0.178. The van der Waals surface area contributed by atoms with Gasteiger partial charge in [0, 0.05) is 6.54 Å². The Morgan fingerprint density at radius 3 is 2.62 bits per heavy atom. The molecule has 1 aromatic heterocycles. The normalized spacial score (nSPS) is 23.2. The maximum Gasteiger partial charge on any atom is 0.410 e. The third-order valence-electron chi connectivity index (χ3n) is 3.38. The molecule has 1 aromatic rings. The number of β-amino-alcohol motifs (C(OH)–C–C–N with tert-alkyl or cyclic N) is 1. The Morgan fingerprint density at radius 1 is 1.48 bits per heavy atom. The second kappa shape index (κ2) is 5.92. The molecule has 1 aliphatic heterocycles. The number of rotatable bonds is 1. The molecule has 0 aromatic carbocycles. The van der Waals surface area contributed by atoms with Gasteiger partial charge in [0.05, 0.1) is 24.4 Å². The number of ether oxygens (including phenoxy) is 1. The first-order chi connectivity index (χ1) is 9.69. The van der Waals surface area contributed by atoms with E-state index in [1.807, 2.05) is 27.7 Å². The molecule has 0 radical (unpaired) electrons. The second-order valence-corrected chi connectivity index (χ2v) is 7.01. The number of hydrogen-bond acceptors (Lipinski definition) is 5. The van der Waals surface area contributed by atoms with Crippen LogP contribution in [-0.2, 0) is 4.74 Å². The van der Waals surface area contributed by atoms with Crippen molar-refractivity contribution in [1.82, 2.24) is 19.9 Å². The molecule has 0 aliphatic carbocycles. The third-order valence-corrected chi connectivity index (χ3v) is 4.12. The Balaban J connectivity index is 2.02. The molecule has 1 saturated heterocycles. The van der Waals surface area contributed by atoms with E-state index in [0.717, 1.165) is 5.69 Å². The fourth-order valence-electron chi connectivity index (χ4n) is 2.33. The first-order valence-electron chi connectivity index (χ1n) is 6.92.